The average molecular weight is 421 g/mol. The van der Waals surface area contributed by atoms with Gasteiger partial charge in [0.15, 0.2) is 0 Å². The number of hydrogen-bond donors (Lipinski definition) is 3. The topological polar surface area (TPSA) is 105 Å². The number of anilines is 1. The number of aryl methyl sites for hydroxylation is 1. The van der Waals surface area contributed by atoms with E-state index < -0.39 is 15.6 Å². The maximum atomic E-state index is 12.6. The molecule has 0 saturated heterocycles. The van der Waals surface area contributed by atoms with E-state index in [-0.39, 0.29) is 23.8 Å². The van der Waals surface area contributed by atoms with Gasteiger partial charge in [0.25, 0.3) is 10.0 Å². The van der Waals surface area contributed by atoms with Crippen molar-refractivity contribution in [1.82, 2.24) is 5.32 Å². The predicted molar refractivity (Wildman–Crippen MR) is 113 cm³/mol. The van der Waals surface area contributed by atoms with Crippen LogP contribution < -0.4 is 14.8 Å². The molecule has 0 atom stereocenters. The molecule has 0 heterocycles. The SMILES string of the molecule is CCOc1ccc(S(=O)(=O)Nc2ccc(CC(=O)NC(C)(C)CO)cc2)cc1C. The Morgan fingerprint density at radius 3 is 2.34 bits per heavy atom. The van der Waals surface area contributed by atoms with Crippen LogP contribution in [0.4, 0.5) is 5.69 Å². The van der Waals surface area contributed by atoms with Crippen molar-refractivity contribution in [3.63, 3.8) is 0 Å². The van der Waals surface area contributed by atoms with Gasteiger partial charge >= 0.3 is 0 Å². The molecule has 0 spiro atoms. The highest BCUT2D eigenvalue weighted by Crippen LogP contribution is 2.23. The first kappa shape index (κ1) is 22.7. The first-order chi connectivity index (χ1) is 13.6. The lowest BCUT2D eigenvalue weighted by atomic mass is 10.1. The summed E-state index contributed by atoms with van der Waals surface area (Å²) in [6.07, 6.45) is 0.133. The van der Waals surface area contributed by atoms with Crippen LogP contribution in [0.2, 0.25) is 0 Å². The molecule has 2 aromatic carbocycles. The summed E-state index contributed by atoms with van der Waals surface area (Å²) in [5, 5.41) is 12.0. The number of nitrogens with one attached hydrogen (secondary N) is 2. The smallest absolute Gasteiger partial charge is 0.261 e. The molecule has 0 aliphatic carbocycles. The minimum atomic E-state index is -3.74. The largest absolute Gasteiger partial charge is 0.494 e. The fourth-order valence-electron chi connectivity index (χ4n) is 2.66. The van der Waals surface area contributed by atoms with Gasteiger partial charge in [0.2, 0.25) is 5.91 Å². The van der Waals surface area contributed by atoms with Gasteiger partial charge in [-0.3, -0.25) is 9.52 Å². The number of aliphatic hydroxyl groups excluding tert-OH is 1. The molecule has 2 rings (SSSR count). The van der Waals surface area contributed by atoms with Crippen LogP contribution in [-0.4, -0.2) is 38.2 Å². The van der Waals surface area contributed by atoms with Gasteiger partial charge in [-0.25, -0.2) is 8.42 Å². The molecule has 1 amide bonds. The summed E-state index contributed by atoms with van der Waals surface area (Å²) in [6.45, 7) is 7.46. The molecule has 8 heteroatoms. The Bertz CT molecular complexity index is 954. The van der Waals surface area contributed by atoms with Crippen LogP contribution in [0.3, 0.4) is 0 Å². The summed E-state index contributed by atoms with van der Waals surface area (Å²) in [5.41, 5.74) is 1.18. The first-order valence-corrected chi connectivity index (χ1v) is 10.8. The number of carbonyl (C=O) groups is 1. The Morgan fingerprint density at radius 1 is 1.14 bits per heavy atom. The third-order valence-corrected chi connectivity index (χ3v) is 5.58. The minimum absolute atomic E-state index is 0.133. The minimum Gasteiger partial charge on any atom is -0.494 e. The van der Waals surface area contributed by atoms with Crippen molar-refractivity contribution < 1.29 is 23.1 Å². The van der Waals surface area contributed by atoms with E-state index in [1.54, 1.807) is 57.2 Å². The van der Waals surface area contributed by atoms with Crippen LogP contribution in [-0.2, 0) is 21.2 Å². The van der Waals surface area contributed by atoms with Gasteiger partial charge in [0, 0.05) is 5.69 Å². The summed E-state index contributed by atoms with van der Waals surface area (Å²) in [6, 6.07) is 11.3. The normalized spacial score (nSPS) is 11.8. The summed E-state index contributed by atoms with van der Waals surface area (Å²) >= 11 is 0. The zero-order valence-corrected chi connectivity index (χ0v) is 18.0. The molecule has 0 unspecified atom stereocenters. The summed E-state index contributed by atoms with van der Waals surface area (Å²) < 4.78 is 33.3. The molecule has 0 fully saturated rings. The van der Waals surface area contributed by atoms with Crippen molar-refractivity contribution in [3.8, 4) is 5.75 Å². The molecule has 0 bridgehead atoms. The fourth-order valence-corrected chi connectivity index (χ4v) is 3.80. The third-order valence-electron chi connectivity index (χ3n) is 4.20. The van der Waals surface area contributed by atoms with Crippen LogP contribution in [0.15, 0.2) is 47.4 Å². The van der Waals surface area contributed by atoms with Crippen LogP contribution >= 0.6 is 0 Å². The van der Waals surface area contributed by atoms with Gasteiger partial charge in [-0.05, 0) is 69.2 Å². The lowest BCUT2D eigenvalue weighted by Crippen LogP contribution is -2.46. The molecule has 3 N–H and O–H groups in total. The molecule has 0 aliphatic rings. The lowest BCUT2D eigenvalue weighted by molar-refractivity contribution is -0.122. The Hall–Kier alpha value is -2.58. The van der Waals surface area contributed by atoms with Crippen LogP contribution in [0.25, 0.3) is 0 Å². The third kappa shape index (κ3) is 6.47. The number of ether oxygens (including phenoxy) is 1. The Kier molecular flexibility index (Phi) is 7.26. The van der Waals surface area contributed by atoms with Crippen LogP contribution in [0.5, 0.6) is 5.75 Å². The highest BCUT2D eigenvalue weighted by molar-refractivity contribution is 7.92. The second-order valence-electron chi connectivity index (χ2n) is 7.43. The van der Waals surface area contributed by atoms with E-state index in [2.05, 4.69) is 10.0 Å². The number of carbonyl (C=O) groups excluding carboxylic acids is 1. The van der Waals surface area contributed by atoms with E-state index in [4.69, 9.17) is 4.74 Å². The van der Waals surface area contributed by atoms with Crippen LogP contribution in [0, 0.1) is 6.92 Å². The maximum absolute atomic E-state index is 12.6. The van der Waals surface area contributed by atoms with Crippen molar-refractivity contribution in [1.29, 1.82) is 0 Å². The maximum Gasteiger partial charge on any atom is 0.261 e. The van der Waals surface area contributed by atoms with Crippen molar-refractivity contribution in [2.24, 2.45) is 0 Å². The molecule has 0 aliphatic heterocycles. The number of hydrogen-bond acceptors (Lipinski definition) is 5. The predicted octanol–water partition coefficient (Wildman–Crippen LogP) is 2.62. The van der Waals surface area contributed by atoms with Crippen molar-refractivity contribution in [3.05, 3.63) is 53.6 Å². The van der Waals surface area contributed by atoms with Crippen molar-refractivity contribution >= 4 is 21.6 Å². The molecule has 158 valence electrons. The lowest BCUT2D eigenvalue weighted by Gasteiger charge is -2.23. The molecule has 29 heavy (non-hydrogen) atoms. The van der Waals surface area contributed by atoms with Crippen molar-refractivity contribution in [2.45, 2.75) is 44.6 Å². The van der Waals surface area contributed by atoms with Crippen LogP contribution in [0.1, 0.15) is 31.9 Å². The van der Waals surface area contributed by atoms with E-state index in [1.165, 1.54) is 6.07 Å². The van der Waals surface area contributed by atoms with Crippen molar-refractivity contribution in [2.75, 3.05) is 17.9 Å². The van der Waals surface area contributed by atoms with Gasteiger partial charge in [-0.2, -0.15) is 0 Å². The highest BCUT2D eigenvalue weighted by Gasteiger charge is 2.19. The van der Waals surface area contributed by atoms with Gasteiger partial charge in [-0.1, -0.05) is 12.1 Å². The first-order valence-electron chi connectivity index (χ1n) is 9.33. The summed E-state index contributed by atoms with van der Waals surface area (Å²) in [7, 11) is -3.74. The highest BCUT2D eigenvalue weighted by atomic mass is 32.2. The zero-order chi connectivity index (χ0) is 21.7. The second kappa shape index (κ2) is 9.28. The Balaban J connectivity index is 2.07. The fraction of sp³-hybridized carbons (Fsp3) is 0.381. The van der Waals surface area contributed by atoms with Gasteiger partial charge < -0.3 is 15.2 Å². The quantitative estimate of drug-likeness (QED) is 0.578. The molecule has 7 nitrogen and oxygen atoms in total. The molecule has 0 radical (unpaired) electrons. The second-order valence-corrected chi connectivity index (χ2v) is 9.11. The van der Waals surface area contributed by atoms with Gasteiger partial charge in [-0.15, -0.1) is 0 Å². The summed E-state index contributed by atoms with van der Waals surface area (Å²) in [5.74, 6) is 0.431. The number of aliphatic hydroxyl groups is 1. The molecular weight excluding hydrogens is 392 g/mol. The standard InChI is InChI=1S/C21H28N2O5S/c1-5-28-19-11-10-18(12-15(19)2)29(26,27)23-17-8-6-16(7-9-17)13-20(25)22-21(3,4)14-24/h6-12,23-24H,5,13-14H2,1-4H3,(H,22,25). The molecule has 2 aromatic rings. The Morgan fingerprint density at radius 2 is 1.79 bits per heavy atom. The zero-order valence-electron chi connectivity index (χ0n) is 17.2. The van der Waals surface area contributed by atoms with E-state index in [1.807, 2.05) is 6.92 Å². The number of rotatable bonds is 9. The average Bonchev–Trinajstić information content (AvgIpc) is 2.64. The number of sulfonamides is 1. The van der Waals surface area contributed by atoms with E-state index >= 15 is 0 Å². The van der Waals surface area contributed by atoms with E-state index in [9.17, 15) is 18.3 Å². The van der Waals surface area contributed by atoms with E-state index in [0.29, 0.717) is 18.0 Å². The summed E-state index contributed by atoms with van der Waals surface area (Å²) in [4.78, 5) is 12.2. The van der Waals surface area contributed by atoms with E-state index in [0.717, 1.165) is 11.1 Å². The molecule has 0 saturated carbocycles. The molecular formula is C21H28N2O5S. The molecule has 0 aromatic heterocycles. The number of benzene rings is 2. The number of amides is 1. The monoisotopic (exact) mass is 420 g/mol. The van der Waals surface area contributed by atoms with Gasteiger partial charge in [0.05, 0.1) is 30.1 Å². The van der Waals surface area contributed by atoms with Gasteiger partial charge in [0.1, 0.15) is 5.75 Å². The Labute approximate surface area is 172 Å².